The van der Waals surface area contributed by atoms with Crippen LogP contribution in [-0.2, 0) is 12.3 Å². The summed E-state index contributed by atoms with van der Waals surface area (Å²) >= 11 is 7.89. The van der Waals surface area contributed by atoms with Crippen LogP contribution in [0.25, 0.3) is 0 Å². The minimum atomic E-state index is 0.608. The molecule has 1 heterocycles. The second-order valence-electron chi connectivity index (χ2n) is 4.23. The zero-order chi connectivity index (χ0) is 14.4. The van der Waals surface area contributed by atoms with Crippen molar-refractivity contribution >= 4 is 29.1 Å². The maximum Gasteiger partial charge on any atom is 0.138 e. The quantitative estimate of drug-likeness (QED) is 0.796. The first-order valence-electron chi connectivity index (χ1n) is 6.45. The highest BCUT2D eigenvalue weighted by Gasteiger charge is 2.04. The summed E-state index contributed by atoms with van der Waals surface area (Å²) in [5, 5.41) is 3.90. The standard InChI is InChI=1S/C15H18ClNO2S/c1-3-18-15-7-4-11(8-14(15)16)17-9-12-5-6-13(19-12)10-20-2/h4-8,17H,3,9-10H2,1-2H3. The number of thioether (sulfide) groups is 1. The van der Waals surface area contributed by atoms with Gasteiger partial charge in [-0.1, -0.05) is 11.6 Å². The molecule has 2 rings (SSSR count). The third-order valence-corrected chi connectivity index (χ3v) is 3.57. The maximum absolute atomic E-state index is 6.14. The first-order valence-corrected chi connectivity index (χ1v) is 8.23. The Labute approximate surface area is 128 Å². The van der Waals surface area contributed by atoms with Gasteiger partial charge in [0.2, 0.25) is 0 Å². The van der Waals surface area contributed by atoms with Crippen molar-refractivity contribution in [2.75, 3.05) is 18.2 Å². The summed E-state index contributed by atoms with van der Waals surface area (Å²) in [5.41, 5.74) is 0.946. The molecule has 1 aromatic carbocycles. The molecular formula is C15H18ClNO2S. The molecule has 0 aliphatic heterocycles. The molecule has 0 spiro atoms. The molecule has 5 heteroatoms. The van der Waals surface area contributed by atoms with Crippen molar-refractivity contribution < 1.29 is 9.15 Å². The van der Waals surface area contributed by atoms with Crippen LogP contribution in [0.3, 0.4) is 0 Å². The average Bonchev–Trinajstić information content (AvgIpc) is 2.88. The average molecular weight is 312 g/mol. The van der Waals surface area contributed by atoms with Crippen LogP contribution in [0.1, 0.15) is 18.4 Å². The molecule has 20 heavy (non-hydrogen) atoms. The molecule has 0 amide bonds. The van der Waals surface area contributed by atoms with Crippen LogP contribution in [0, 0.1) is 0 Å². The van der Waals surface area contributed by atoms with E-state index in [9.17, 15) is 0 Å². The lowest BCUT2D eigenvalue weighted by molar-refractivity contribution is 0.340. The second kappa shape index (κ2) is 7.50. The van der Waals surface area contributed by atoms with Gasteiger partial charge in [-0.3, -0.25) is 0 Å². The van der Waals surface area contributed by atoms with Gasteiger partial charge in [0.25, 0.3) is 0 Å². The first-order chi connectivity index (χ1) is 9.72. The van der Waals surface area contributed by atoms with E-state index in [0.717, 1.165) is 23.0 Å². The van der Waals surface area contributed by atoms with E-state index in [1.807, 2.05) is 37.3 Å². The highest BCUT2D eigenvalue weighted by Crippen LogP contribution is 2.28. The fourth-order valence-corrected chi connectivity index (χ4v) is 2.48. The Balaban J connectivity index is 1.94. The maximum atomic E-state index is 6.14. The molecule has 1 aromatic heterocycles. The molecule has 0 unspecified atom stereocenters. The van der Waals surface area contributed by atoms with Crippen molar-refractivity contribution in [3.8, 4) is 5.75 Å². The number of benzene rings is 1. The molecule has 0 saturated carbocycles. The zero-order valence-electron chi connectivity index (χ0n) is 11.6. The van der Waals surface area contributed by atoms with Gasteiger partial charge in [0.15, 0.2) is 0 Å². The van der Waals surface area contributed by atoms with Crippen molar-refractivity contribution in [1.82, 2.24) is 0 Å². The first kappa shape index (κ1) is 15.1. The van der Waals surface area contributed by atoms with Crippen LogP contribution in [-0.4, -0.2) is 12.9 Å². The molecule has 0 aliphatic rings. The number of nitrogens with one attached hydrogen (secondary N) is 1. The summed E-state index contributed by atoms with van der Waals surface area (Å²) in [6, 6.07) is 9.68. The minimum Gasteiger partial charge on any atom is -0.492 e. The van der Waals surface area contributed by atoms with E-state index >= 15 is 0 Å². The van der Waals surface area contributed by atoms with Crippen LogP contribution < -0.4 is 10.1 Å². The van der Waals surface area contributed by atoms with E-state index in [1.54, 1.807) is 11.8 Å². The lowest BCUT2D eigenvalue weighted by Gasteiger charge is -2.09. The van der Waals surface area contributed by atoms with E-state index in [0.29, 0.717) is 23.9 Å². The number of ether oxygens (including phenoxy) is 1. The van der Waals surface area contributed by atoms with E-state index in [4.69, 9.17) is 20.8 Å². The van der Waals surface area contributed by atoms with Crippen molar-refractivity contribution in [1.29, 1.82) is 0 Å². The number of halogens is 1. The zero-order valence-corrected chi connectivity index (χ0v) is 13.2. The Bertz CT molecular complexity index is 557. The monoisotopic (exact) mass is 311 g/mol. The third-order valence-electron chi connectivity index (χ3n) is 2.70. The third kappa shape index (κ3) is 4.12. The summed E-state index contributed by atoms with van der Waals surface area (Å²) in [4.78, 5) is 0. The van der Waals surface area contributed by atoms with Gasteiger partial charge in [-0.2, -0.15) is 11.8 Å². The molecule has 108 valence electrons. The van der Waals surface area contributed by atoms with Gasteiger partial charge >= 0.3 is 0 Å². The van der Waals surface area contributed by atoms with Gasteiger partial charge in [0.05, 0.1) is 23.9 Å². The molecule has 0 fully saturated rings. The van der Waals surface area contributed by atoms with Gasteiger partial charge in [0.1, 0.15) is 17.3 Å². The largest absolute Gasteiger partial charge is 0.492 e. The molecule has 1 N–H and O–H groups in total. The fraction of sp³-hybridized carbons (Fsp3) is 0.333. The Kier molecular flexibility index (Phi) is 5.68. The molecule has 0 atom stereocenters. The summed E-state index contributed by atoms with van der Waals surface area (Å²) in [6.45, 7) is 3.18. The summed E-state index contributed by atoms with van der Waals surface area (Å²) in [6.07, 6.45) is 2.06. The van der Waals surface area contributed by atoms with Gasteiger partial charge in [-0.15, -0.1) is 0 Å². The summed E-state index contributed by atoms with van der Waals surface area (Å²) < 4.78 is 11.1. The summed E-state index contributed by atoms with van der Waals surface area (Å²) in [7, 11) is 0. The number of hydrogen-bond donors (Lipinski definition) is 1. The van der Waals surface area contributed by atoms with Gasteiger partial charge in [0, 0.05) is 5.69 Å². The van der Waals surface area contributed by atoms with Crippen molar-refractivity contribution in [3.05, 3.63) is 46.9 Å². The van der Waals surface area contributed by atoms with E-state index < -0.39 is 0 Å². The predicted octanol–water partition coefficient (Wildman–Crippen LogP) is 4.81. The molecule has 0 bridgehead atoms. The molecule has 3 nitrogen and oxygen atoms in total. The Hall–Kier alpha value is -1.26. The number of furan rings is 1. The minimum absolute atomic E-state index is 0.608. The fourth-order valence-electron chi connectivity index (χ4n) is 1.81. The van der Waals surface area contributed by atoms with Crippen LogP contribution >= 0.6 is 23.4 Å². The smallest absolute Gasteiger partial charge is 0.138 e. The van der Waals surface area contributed by atoms with Crippen molar-refractivity contribution in [2.45, 2.75) is 19.2 Å². The SMILES string of the molecule is CCOc1ccc(NCc2ccc(CSC)o2)cc1Cl. The number of anilines is 1. The predicted molar refractivity (Wildman–Crippen MR) is 85.9 cm³/mol. The highest BCUT2D eigenvalue weighted by atomic mass is 35.5. The molecule has 0 saturated heterocycles. The van der Waals surface area contributed by atoms with E-state index in [2.05, 4.69) is 11.6 Å². The van der Waals surface area contributed by atoms with Crippen LogP contribution in [0.5, 0.6) is 5.75 Å². The number of rotatable bonds is 7. The highest BCUT2D eigenvalue weighted by molar-refractivity contribution is 7.97. The van der Waals surface area contributed by atoms with Crippen molar-refractivity contribution in [2.24, 2.45) is 0 Å². The van der Waals surface area contributed by atoms with Crippen molar-refractivity contribution in [3.63, 3.8) is 0 Å². The van der Waals surface area contributed by atoms with E-state index in [-0.39, 0.29) is 0 Å². The van der Waals surface area contributed by atoms with E-state index in [1.165, 1.54) is 0 Å². The Morgan fingerprint density at radius 2 is 2.05 bits per heavy atom. The second-order valence-corrected chi connectivity index (χ2v) is 5.51. The normalized spacial score (nSPS) is 10.6. The van der Waals surface area contributed by atoms with Gasteiger partial charge in [-0.25, -0.2) is 0 Å². The summed E-state index contributed by atoms with van der Waals surface area (Å²) in [5.74, 6) is 3.52. The molecule has 0 radical (unpaired) electrons. The molecular weight excluding hydrogens is 294 g/mol. The lowest BCUT2D eigenvalue weighted by Crippen LogP contribution is -1.99. The Morgan fingerprint density at radius 1 is 1.25 bits per heavy atom. The van der Waals surface area contributed by atoms with Crippen LogP contribution in [0.2, 0.25) is 5.02 Å². The van der Waals surface area contributed by atoms with Crippen LogP contribution in [0.4, 0.5) is 5.69 Å². The van der Waals surface area contributed by atoms with Gasteiger partial charge < -0.3 is 14.5 Å². The Morgan fingerprint density at radius 3 is 2.75 bits per heavy atom. The molecule has 2 aromatic rings. The van der Waals surface area contributed by atoms with Gasteiger partial charge in [-0.05, 0) is 43.5 Å². The lowest BCUT2D eigenvalue weighted by atomic mass is 10.3. The molecule has 0 aliphatic carbocycles. The topological polar surface area (TPSA) is 34.4 Å². The van der Waals surface area contributed by atoms with Crippen LogP contribution in [0.15, 0.2) is 34.7 Å². The number of hydrogen-bond acceptors (Lipinski definition) is 4.